The number of fused-ring (bicyclic) bond motifs is 3. The number of rotatable bonds is 7. The lowest BCUT2D eigenvalue weighted by Gasteiger charge is -2.13. The second kappa shape index (κ2) is 14.1. The highest BCUT2D eigenvalue weighted by Gasteiger charge is 2.17. The van der Waals surface area contributed by atoms with Crippen LogP contribution in [-0.2, 0) is 0 Å². The maximum atomic E-state index is 5.25. The van der Waals surface area contributed by atoms with Gasteiger partial charge >= 0.3 is 0 Å². The highest BCUT2D eigenvalue weighted by molar-refractivity contribution is 7.26. The molecule has 55 heavy (non-hydrogen) atoms. The third-order valence-electron chi connectivity index (χ3n) is 10.1. The van der Waals surface area contributed by atoms with Crippen molar-refractivity contribution in [1.29, 1.82) is 0 Å². The first kappa shape index (κ1) is 32.6. The average molecular weight is 720 g/mol. The normalized spacial score (nSPS) is 11.3. The Morgan fingerprint density at radius 3 is 1.42 bits per heavy atom. The van der Waals surface area contributed by atoms with Gasteiger partial charge < -0.3 is 0 Å². The minimum absolute atomic E-state index is 0.625. The quantitative estimate of drug-likeness (QED) is 0.165. The summed E-state index contributed by atoms with van der Waals surface area (Å²) < 4.78 is 2.56. The van der Waals surface area contributed by atoms with Crippen LogP contribution in [0.4, 0.5) is 0 Å². The third kappa shape index (κ3) is 6.39. The maximum absolute atomic E-state index is 5.25. The lowest BCUT2D eigenvalue weighted by Crippen LogP contribution is -2.01. The molecule has 0 aliphatic rings. The third-order valence-corrected chi connectivity index (χ3v) is 11.3. The monoisotopic (exact) mass is 719 g/mol. The van der Waals surface area contributed by atoms with Crippen LogP contribution in [0.3, 0.4) is 0 Å². The number of hydrogen-bond donors (Lipinski definition) is 0. The van der Waals surface area contributed by atoms with Crippen molar-refractivity contribution in [1.82, 2.24) is 15.0 Å². The summed E-state index contributed by atoms with van der Waals surface area (Å²) in [7, 11) is 0. The molecule has 2 heterocycles. The van der Waals surface area contributed by atoms with E-state index in [1.165, 1.54) is 31.3 Å². The zero-order valence-corrected chi connectivity index (χ0v) is 30.6. The van der Waals surface area contributed by atoms with Crippen molar-refractivity contribution < 1.29 is 0 Å². The predicted molar refractivity (Wildman–Crippen MR) is 231 cm³/mol. The Labute approximate surface area is 323 Å². The molecule has 0 atom stereocenters. The summed E-state index contributed by atoms with van der Waals surface area (Å²) in [5.74, 6) is 1.88. The molecule has 0 spiro atoms. The second-order valence-electron chi connectivity index (χ2n) is 13.6. The summed E-state index contributed by atoms with van der Waals surface area (Å²) in [4.78, 5) is 15.6. The van der Waals surface area contributed by atoms with E-state index in [1.807, 2.05) is 23.5 Å². The van der Waals surface area contributed by atoms with Crippen LogP contribution >= 0.6 is 11.3 Å². The average Bonchev–Trinajstić information content (AvgIpc) is 3.66. The van der Waals surface area contributed by atoms with Gasteiger partial charge in [-0.3, -0.25) is 0 Å². The number of thiophene rings is 1. The minimum atomic E-state index is 0.625. The van der Waals surface area contributed by atoms with Gasteiger partial charge in [0, 0.05) is 36.9 Å². The molecule has 0 N–H and O–H groups in total. The number of aromatic nitrogens is 3. The number of nitrogens with zero attached hydrogens (tertiary/aromatic N) is 3. The van der Waals surface area contributed by atoms with Gasteiger partial charge in [-0.2, -0.15) is 0 Å². The van der Waals surface area contributed by atoms with Crippen LogP contribution in [0.25, 0.3) is 98.8 Å². The van der Waals surface area contributed by atoms with Gasteiger partial charge in [0.05, 0.1) is 0 Å². The molecule has 3 nitrogen and oxygen atoms in total. The van der Waals surface area contributed by atoms with Crippen molar-refractivity contribution in [3.63, 3.8) is 0 Å². The molecule has 10 aromatic rings. The highest BCUT2D eigenvalue weighted by Crippen LogP contribution is 2.42. The molecule has 8 aromatic carbocycles. The molecular weight excluding hydrogens is 687 g/mol. The van der Waals surface area contributed by atoms with Crippen LogP contribution in [0.15, 0.2) is 200 Å². The molecule has 0 amide bonds. The highest BCUT2D eigenvalue weighted by atomic mass is 32.1. The van der Waals surface area contributed by atoms with Gasteiger partial charge in [0.25, 0.3) is 0 Å². The van der Waals surface area contributed by atoms with E-state index in [9.17, 15) is 0 Å². The smallest absolute Gasteiger partial charge is 0.164 e. The van der Waals surface area contributed by atoms with E-state index >= 15 is 0 Å². The zero-order chi connectivity index (χ0) is 36.6. The first-order valence-corrected chi connectivity index (χ1v) is 19.2. The Morgan fingerprint density at radius 1 is 0.273 bits per heavy atom. The van der Waals surface area contributed by atoms with Gasteiger partial charge in [0.2, 0.25) is 0 Å². The van der Waals surface area contributed by atoms with E-state index in [4.69, 9.17) is 15.0 Å². The fourth-order valence-corrected chi connectivity index (χ4v) is 8.60. The summed E-state index contributed by atoms with van der Waals surface area (Å²) >= 11 is 1.84. The topological polar surface area (TPSA) is 38.7 Å². The molecule has 0 aliphatic heterocycles. The van der Waals surface area contributed by atoms with Crippen LogP contribution in [0, 0.1) is 0 Å². The van der Waals surface area contributed by atoms with E-state index in [0.29, 0.717) is 17.5 Å². The Balaban J connectivity index is 1.18. The largest absolute Gasteiger partial charge is 0.208 e. The minimum Gasteiger partial charge on any atom is -0.208 e. The molecule has 0 unspecified atom stereocenters. The van der Waals surface area contributed by atoms with E-state index in [1.54, 1.807) is 0 Å². The lowest BCUT2D eigenvalue weighted by molar-refractivity contribution is 1.07. The fourth-order valence-electron chi connectivity index (χ4n) is 7.36. The molecule has 0 saturated carbocycles. The predicted octanol–water partition coefficient (Wildman–Crippen LogP) is 13.9. The number of benzene rings is 8. The second-order valence-corrected chi connectivity index (χ2v) is 14.7. The van der Waals surface area contributed by atoms with Crippen molar-refractivity contribution in [2.24, 2.45) is 0 Å². The van der Waals surface area contributed by atoms with Gasteiger partial charge in [-0.15, -0.1) is 11.3 Å². The zero-order valence-electron chi connectivity index (χ0n) is 29.8. The Hall–Kier alpha value is -7.01. The Bertz CT molecular complexity index is 2950. The summed E-state index contributed by atoms with van der Waals surface area (Å²) in [6, 6.07) is 70.5. The molecule has 10 rings (SSSR count). The molecule has 4 heteroatoms. The fraction of sp³-hybridized carbons (Fsp3) is 0. The van der Waals surface area contributed by atoms with Crippen molar-refractivity contribution in [3.05, 3.63) is 200 Å². The van der Waals surface area contributed by atoms with Gasteiger partial charge in [0.15, 0.2) is 17.5 Å². The first-order valence-electron chi connectivity index (χ1n) is 18.4. The molecule has 0 radical (unpaired) electrons. The molecule has 0 bridgehead atoms. The van der Waals surface area contributed by atoms with Gasteiger partial charge in [-0.25, -0.2) is 15.0 Å². The summed E-state index contributed by atoms with van der Waals surface area (Å²) in [6.45, 7) is 0. The van der Waals surface area contributed by atoms with Crippen molar-refractivity contribution in [3.8, 4) is 78.7 Å². The molecule has 258 valence electrons. The van der Waals surface area contributed by atoms with E-state index in [0.717, 1.165) is 50.1 Å². The summed E-state index contributed by atoms with van der Waals surface area (Å²) in [5.41, 5.74) is 11.9. The Kier molecular flexibility index (Phi) is 8.36. The van der Waals surface area contributed by atoms with Crippen LogP contribution < -0.4 is 0 Å². The molecular formula is C51H33N3S. The standard InChI is InChI=1S/C51H33N3S/c1-4-14-34(15-5-1)37-26-28-38(29-27-37)49-52-50(40-21-12-20-39(30-40)35-16-6-2-7-17-35)54-51(53-49)43-32-41(36-18-8-3-9-19-36)31-42(33-43)44-23-13-24-46-45-22-10-11-25-47(45)55-48(44)46/h1-33H. The van der Waals surface area contributed by atoms with Crippen LogP contribution in [0.5, 0.6) is 0 Å². The number of hydrogen-bond acceptors (Lipinski definition) is 4. The molecule has 2 aromatic heterocycles. The summed E-state index contributed by atoms with van der Waals surface area (Å²) in [6.07, 6.45) is 0. The van der Waals surface area contributed by atoms with Crippen LogP contribution in [0.1, 0.15) is 0 Å². The van der Waals surface area contributed by atoms with Crippen LogP contribution in [-0.4, -0.2) is 15.0 Å². The van der Waals surface area contributed by atoms with Crippen molar-refractivity contribution in [2.75, 3.05) is 0 Å². The molecule has 0 aliphatic carbocycles. The maximum Gasteiger partial charge on any atom is 0.164 e. The van der Waals surface area contributed by atoms with E-state index in [2.05, 4.69) is 188 Å². The lowest BCUT2D eigenvalue weighted by atomic mass is 9.95. The van der Waals surface area contributed by atoms with Crippen molar-refractivity contribution in [2.45, 2.75) is 0 Å². The van der Waals surface area contributed by atoms with Gasteiger partial charge in [-0.1, -0.05) is 170 Å². The van der Waals surface area contributed by atoms with E-state index < -0.39 is 0 Å². The molecule has 0 saturated heterocycles. The van der Waals surface area contributed by atoms with Crippen LogP contribution in [0.2, 0.25) is 0 Å². The van der Waals surface area contributed by atoms with Gasteiger partial charge in [0.1, 0.15) is 0 Å². The SMILES string of the molecule is c1ccc(-c2ccc(-c3nc(-c4cccc(-c5ccccc5)c4)nc(-c4cc(-c5ccccc5)cc(-c5cccc6c5sc5ccccc56)c4)n3)cc2)cc1. The Morgan fingerprint density at radius 2 is 0.709 bits per heavy atom. The van der Waals surface area contributed by atoms with Crippen molar-refractivity contribution >= 4 is 31.5 Å². The molecule has 0 fully saturated rings. The summed E-state index contributed by atoms with van der Waals surface area (Å²) in [5, 5.41) is 2.55. The van der Waals surface area contributed by atoms with Gasteiger partial charge in [-0.05, 0) is 74.8 Å². The first-order chi connectivity index (χ1) is 27.2. The van der Waals surface area contributed by atoms with E-state index in [-0.39, 0.29) is 0 Å².